The van der Waals surface area contributed by atoms with Gasteiger partial charge in [0, 0.05) is 33.7 Å². The molecular weight excluding hydrogens is 628 g/mol. The number of H-pyrrole nitrogens is 1. The van der Waals surface area contributed by atoms with E-state index in [-0.39, 0.29) is 64.8 Å². The number of aromatic nitrogens is 2. The molecule has 5 aromatic rings. The van der Waals surface area contributed by atoms with Crippen LogP contribution in [-0.2, 0) is 9.63 Å². The third-order valence-electron chi connectivity index (χ3n) is 9.21. The van der Waals surface area contributed by atoms with Crippen molar-refractivity contribution in [2.75, 3.05) is 18.9 Å². The first kappa shape index (κ1) is 27.6. The van der Waals surface area contributed by atoms with Crippen molar-refractivity contribution in [3.8, 4) is 23.0 Å². The Morgan fingerprint density at radius 1 is 0.812 bits per heavy atom. The molecular formula is C32H20N6O10. The summed E-state index contributed by atoms with van der Waals surface area (Å²) in [5, 5.41) is 41.1. The molecule has 0 radical (unpaired) electrons. The Morgan fingerprint density at radius 3 is 2.10 bits per heavy atom. The number of anilines is 1. The van der Waals surface area contributed by atoms with Crippen LogP contribution in [0.3, 0.4) is 0 Å². The van der Waals surface area contributed by atoms with Crippen LogP contribution in [0.1, 0.15) is 34.2 Å². The van der Waals surface area contributed by atoms with E-state index in [0.717, 1.165) is 0 Å². The molecule has 4 aromatic carbocycles. The number of carbonyl (C=O) groups excluding carboxylic acids is 1. The number of nitrogens with zero attached hydrogens (tertiary/aromatic N) is 4. The number of hydrogen-bond acceptors (Lipinski definition) is 13. The van der Waals surface area contributed by atoms with E-state index in [1.54, 1.807) is 48.7 Å². The maximum Gasteiger partial charge on any atom is 0.350 e. The van der Waals surface area contributed by atoms with Crippen molar-refractivity contribution in [2.45, 2.75) is 12.0 Å². The molecule has 16 heteroatoms. The van der Waals surface area contributed by atoms with Gasteiger partial charge < -0.3 is 29.1 Å². The molecule has 5 heterocycles. The molecule has 4 aliphatic heterocycles. The van der Waals surface area contributed by atoms with Crippen LogP contribution in [0.2, 0.25) is 0 Å². The van der Waals surface area contributed by atoms with Gasteiger partial charge in [-0.05, 0) is 24.3 Å². The lowest BCUT2D eigenvalue weighted by Gasteiger charge is -2.46. The van der Waals surface area contributed by atoms with Crippen molar-refractivity contribution in [3.05, 3.63) is 115 Å². The molecule has 1 spiro atoms. The summed E-state index contributed by atoms with van der Waals surface area (Å²) in [6.07, 6.45) is 1.58. The van der Waals surface area contributed by atoms with E-state index in [0.29, 0.717) is 27.7 Å². The number of aromatic amines is 1. The van der Waals surface area contributed by atoms with Crippen molar-refractivity contribution >= 4 is 39.6 Å². The molecule has 0 saturated carbocycles. The van der Waals surface area contributed by atoms with E-state index in [4.69, 9.17) is 23.8 Å². The number of ether oxygens (including phenoxy) is 4. The molecule has 4 aliphatic rings. The van der Waals surface area contributed by atoms with Crippen LogP contribution in [0.4, 0.5) is 17.1 Å². The normalized spacial score (nSPS) is 21.5. The Morgan fingerprint density at radius 2 is 1.44 bits per heavy atom. The molecule has 9 rings (SSSR count). The number of nitrogens with one attached hydrogen (secondary N) is 2. The molecule has 16 nitrogen and oxygen atoms in total. The highest BCUT2D eigenvalue weighted by molar-refractivity contribution is 6.21. The molecule has 238 valence electrons. The summed E-state index contributed by atoms with van der Waals surface area (Å²) in [6.45, 7) is -0.329. The van der Waals surface area contributed by atoms with Crippen molar-refractivity contribution in [2.24, 2.45) is 10.6 Å². The second-order valence-electron chi connectivity index (χ2n) is 11.5. The van der Waals surface area contributed by atoms with Crippen molar-refractivity contribution in [1.29, 1.82) is 0 Å². The lowest BCUT2D eigenvalue weighted by atomic mass is 9.57. The van der Waals surface area contributed by atoms with E-state index >= 15 is 0 Å². The van der Waals surface area contributed by atoms with Gasteiger partial charge in [-0.2, -0.15) is 5.10 Å². The number of carbonyl (C=O) groups is 1. The van der Waals surface area contributed by atoms with Crippen molar-refractivity contribution < 1.29 is 38.4 Å². The SMILES string of the molecule is O=C1ON=C(c2ccccc2)[C@@]12[C@@H](c1cc3c(cc1[N+](=O)[O-])OCO3)c1c(ccc3cn[nH]c13)N[C@H]2c1cc2c(cc1[N+](=O)[O-])OCO2. The molecule has 0 unspecified atom stereocenters. The summed E-state index contributed by atoms with van der Waals surface area (Å²) >= 11 is 0. The Bertz CT molecular complexity index is 2270. The van der Waals surface area contributed by atoms with Crippen molar-refractivity contribution in [1.82, 2.24) is 10.2 Å². The fourth-order valence-electron chi connectivity index (χ4n) is 7.25. The number of hydrogen-bond donors (Lipinski definition) is 2. The predicted molar refractivity (Wildman–Crippen MR) is 164 cm³/mol. The highest BCUT2D eigenvalue weighted by Gasteiger charge is 2.66. The number of nitro benzene ring substituents is 2. The summed E-state index contributed by atoms with van der Waals surface area (Å²) in [7, 11) is 0. The highest BCUT2D eigenvalue weighted by atomic mass is 16.7. The summed E-state index contributed by atoms with van der Waals surface area (Å²) in [6, 6.07) is 16.3. The maximum absolute atomic E-state index is 14.8. The fourth-order valence-corrected chi connectivity index (χ4v) is 7.25. The van der Waals surface area contributed by atoms with E-state index < -0.39 is 33.2 Å². The van der Waals surface area contributed by atoms with E-state index in [1.165, 1.54) is 24.3 Å². The molecule has 2 N–H and O–H groups in total. The smallest absolute Gasteiger partial charge is 0.350 e. The third kappa shape index (κ3) is 3.67. The highest BCUT2D eigenvalue weighted by Crippen LogP contribution is 2.63. The maximum atomic E-state index is 14.8. The van der Waals surface area contributed by atoms with Crippen molar-refractivity contribution in [3.63, 3.8) is 0 Å². The van der Waals surface area contributed by atoms with Crippen LogP contribution in [0, 0.1) is 25.6 Å². The first-order valence-corrected chi connectivity index (χ1v) is 14.6. The van der Waals surface area contributed by atoms with Gasteiger partial charge in [0.1, 0.15) is 5.71 Å². The van der Waals surface area contributed by atoms with Gasteiger partial charge in [0.15, 0.2) is 28.4 Å². The van der Waals surface area contributed by atoms with Gasteiger partial charge in [-0.1, -0.05) is 35.5 Å². The molecule has 0 saturated heterocycles. The molecule has 3 atom stereocenters. The van der Waals surface area contributed by atoms with Crippen LogP contribution in [0.5, 0.6) is 23.0 Å². The second kappa shape index (κ2) is 9.89. The number of nitro groups is 2. The molecule has 48 heavy (non-hydrogen) atoms. The average molecular weight is 649 g/mol. The average Bonchev–Trinajstić information content (AvgIpc) is 3.91. The van der Waals surface area contributed by atoms with Crippen LogP contribution < -0.4 is 24.3 Å². The largest absolute Gasteiger partial charge is 0.454 e. The zero-order valence-electron chi connectivity index (χ0n) is 24.4. The van der Waals surface area contributed by atoms with E-state index in [1.807, 2.05) is 0 Å². The first-order chi connectivity index (χ1) is 23.4. The Hall–Kier alpha value is -6.71. The summed E-state index contributed by atoms with van der Waals surface area (Å²) < 4.78 is 22.3. The van der Waals surface area contributed by atoms with Gasteiger partial charge in [0.25, 0.3) is 11.4 Å². The van der Waals surface area contributed by atoms with Gasteiger partial charge in [-0.25, -0.2) is 4.79 Å². The Kier molecular flexibility index (Phi) is 5.69. The lowest BCUT2D eigenvalue weighted by molar-refractivity contribution is -0.386. The number of fused-ring (bicyclic) bond motifs is 5. The Balaban J connectivity index is 1.45. The van der Waals surface area contributed by atoms with Gasteiger partial charge in [-0.3, -0.25) is 25.3 Å². The fraction of sp³-hybridized carbons (Fsp3) is 0.156. The third-order valence-corrected chi connectivity index (χ3v) is 9.21. The van der Waals surface area contributed by atoms with E-state index in [2.05, 4.69) is 20.7 Å². The minimum Gasteiger partial charge on any atom is -0.454 e. The number of oxime groups is 1. The lowest BCUT2D eigenvalue weighted by Crippen LogP contribution is -2.52. The minimum absolute atomic E-state index is 0.0375. The Labute approximate surface area is 268 Å². The zero-order chi connectivity index (χ0) is 32.7. The summed E-state index contributed by atoms with van der Waals surface area (Å²) in [4.78, 5) is 44.7. The zero-order valence-corrected chi connectivity index (χ0v) is 24.4. The van der Waals surface area contributed by atoms with Gasteiger partial charge >= 0.3 is 5.97 Å². The van der Waals surface area contributed by atoms with Gasteiger partial charge in [-0.15, -0.1) is 0 Å². The topological polar surface area (TPSA) is 203 Å². The quantitative estimate of drug-likeness (QED) is 0.145. The summed E-state index contributed by atoms with van der Waals surface area (Å²) in [5.74, 6) is -1.41. The molecule has 0 fully saturated rings. The minimum atomic E-state index is -2.01. The number of rotatable bonds is 5. The predicted octanol–water partition coefficient (Wildman–Crippen LogP) is 5.08. The second-order valence-corrected chi connectivity index (χ2v) is 11.5. The number of benzene rings is 4. The van der Waals surface area contributed by atoms with Crippen LogP contribution >= 0.6 is 0 Å². The monoisotopic (exact) mass is 648 g/mol. The molecule has 0 amide bonds. The molecule has 0 bridgehead atoms. The van der Waals surface area contributed by atoms with Gasteiger partial charge in [0.2, 0.25) is 13.6 Å². The van der Waals surface area contributed by atoms with Crippen LogP contribution in [0.25, 0.3) is 10.9 Å². The van der Waals surface area contributed by atoms with Crippen LogP contribution in [-0.4, -0.2) is 45.3 Å². The summed E-state index contributed by atoms with van der Waals surface area (Å²) in [5.41, 5.74) is -0.795. The standard InChI is InChI=1S/C32H20N6O10/c39-31-32(29(36-48-31)15-4-2-1-3-5-15)27(17-8-22-24(46-13-44-22)10-20(17)37(40)41)26-19(7-6-16-12-33-35-28(16)26)34-30(32)18-9-23-25(47-14-45-23)11-21(18)38(42)43/h1-12,27,30,34H,13-14H2,(H,33,35)/t27-,30-,32+/m0/s1. The van der Waals surface area contributed by atoms with Gasteiger partial charge in [0.05, 0.1) is 45.3 Å². The molecule has 1 aromatic heterocycles. The van der Waals surface area contributed by atoms with Crippen LogP contribution in [0.15, 0.2) is 78.1 Å². The molecule has 0 aliphatic carbocycles. The first-order valence-electron chi connectivity index (χ1n) is 14.6. The van der Waals surface area contributed by atoms with E-state index in [9.17, 15) is 25.0 Å².